The first-order chi connectivity index (χ1) is 20.9. The summed E-state index contributed by atoms with van der Waals surface area (Å²) in [5.74, 6) is 0.150. The Kier molecular flexibility index (Phi) is 10.5. The number of aryl methyl sites for hydroxylation is 2. The summed E-state index contributed by atoms with van der Waals surface area (Å²) < 4.78 is 10.7. The van der Waals surface area contributed by atoms with Gasteiger partial charge in [-0.25, -0.2) is 9.59 Å². The van der Waals surface area contributed by atoms with E-state index in [1.807, 2.05) is 37.2 Å². The Morgan fingerprint density at radius 2 is 1.55 bits per heavy atom. The summed E-state index contributed by atoms with van der Waals surface area (Å²) in [7, 11) is 5.47. The van der Waals surface area contributed by atoms with Crippen LogP contribution in [0.5, 0.6) is 5.75 Å². The van der Waals surface area contributed by atoms with E-state index in [-0.39, 0.29) is 11.9 Å². The second kappa shape index (κ2) is 14.3. The highest BCUT2D eigenvalue weighted by atomic mass is 16.6. The van der Waals surface area contributed by atoms with Crippen LogP contribution in [-0.2, 0) is 24.1 Å². The van der Waals surface area contributed by atoms with Gasteiger partial charge in [-0.1, -0.05) is 18.2 Å². The molecule has 3 aromatic rings. The van der Waals surface area contributed by atoms with E-state index in [0.717, 1.165) is 30.5 Å². The number of likely N-dealkylation sites (N-methyl/N-ethyl adjacent to an activating group) is 1. The minimum atomic E-state index is -0.675. The van der Waals surface area contributed by atoms with Gasteiger partial charge in [0, 0.05) is 37.0 Å². The number of nitrogens with one attached hydrogen (secondary N) is 3. The van der Waals surface area contributed by atoms with Crippen LogP contribution in [0, 0.1) is 0 Å². The lowest BCUT2D eigenvalue weighted by molar-refractivity contribution is 0.0635. The molecule has 4 rings (SSSR count). The normalized spacial score (nSPS) is 12.3. The summed E-state index contributed by atoms with van der Waals surface area (Å²) in [6.45, 7) is 6.94. The molecule has 4 amide bonds. The Bertz CT molecular complexity index is 1480. The van der Waals surface area contributed by atoms with Crippen LogP contribution >= 0.6 is 0 Å². The number of carbonyl (C=O) groups is 3. The highest BCUT2D eigenvalue weighted by molar-refractivity contribution is 6.07. The molecule has 44 heavy (non-hydrogen) atoms. The summed E-state index contributed by atoms with van der Waals surface area (Å²) >= 11 is 0. The molecule has 1 aliphatic carbocycles. The smallest absolute Gasteiger partial charge is 0.412 e. The summed E-state index contributed by atoms with van der Waals surface area (Å²) in [5.41, 5.74) is 4.83. The Morgan fingerprint density at radius 1 is 0.818 bits per heavy atom. The van der Waals surface area contributed by atoms with E-state index < -0.39 is 11.7 Å². The molecule has 0 saturated heterocycles. The number of fused-ring (bicyclic) bond motifs is 1. The number of nitrogens with zero attached hydrogens (tertiary/aromatic N) is 2. The van der Waals surface area contributed by atoms with Crippen molar-refractivity contribution in [1.29, 1.82) is 0 Å². The van der Waals surface area contributed by atoms with Gasteiger partial charge in [0.25, 0.3) is 5.91 Å². The molecular formula is C34H43N5O5. The molecule has 0 unspecified atom stereocenters. The molecule has 0 aliphatic heterocycles. The predicted octanol–water partition coefficient (Wildman–Crippen LogP) is 6.38. The van der Waals surface area contributed by atoms with Crippen molar-refractivity contribution in [2.45, 2.75) is 52.2 Å². The third kappa shape index (κ3) is 9.21. The lowest BCUT2D eigenvalue weighted by Gasteiger charge is -2.25. The number of urea groups is 1. The summed E-state index contributed by atoms with van der Waals surface area (Å²) in [5, 5.41) is 8.61. The molecule has 10 nitrogen and oxygen atoms in total. The number of carbonyl (C=O) groups excluding carboxylic acids is 3. The van der Waals surface area contributed by atoms with Crippen molar-refractivity contribution < 1.29 is 23.9 Å². The van der Waals surface area contributed by atoms with E-state index in [1.54, 1.807) is 56.0 Å². The van der Waals surface area contributed by atoms with Gasteiger partial charge in [0.1, 0.15) is 11.4 Å². The third-order valence-electron chi connectivity index (χ3n) is 7.15. The number of hydrogen-bond donors (Lipinski definition) is 3. The van der Waals surface area contributed by atoms with Gasteiger partial charge in [-0.15, -0.1) is 0 Å². The van der Waals surface area contributed by atoms with Gasteiger partial charge in [0.05, 0.1) is 18.5 Å². The van der Waals surface area contributed by atoms with E-state index in [0.29, 0.717) is 42.3 Å². The topological polar surface area (TPSA) is 112 Å². The average Bonchev–Trinajstić information content (AvgIpc) is 3.43. The zero-order valence-corrected chi connectivity index (χ0v) is 26.5. The van der Waals surface area contributed by atoms with E-state index in [4.69, 9.17) is 9.47 Å². The Morgan fingerprint density at radius 3 is 2.23 bits per heavy atom. The molecular weight excluding hydrogens is 558 g/mol. The molecule has 234 valence electrons. The highest BCUT2D eigenvalue weighted by Crippen LogP contribution is 2.29. The van der Waals surface area contributed by atoms with Crippen LogP contribution in [0.15, 0.2) is 60.7 Å². The fourth-order valence-corrected chi connectivity index (χ4v) is 4.88. The number of benzene rings is 3. The average molecular weight is 602 g/mol. The van der Waals surface area contributed by atoms with Gasteiger partial charge < -0.3 is 29.9 Å². The lowest BCUT2D eigenvalue weighted by atomic mass is 10.1. The molecule has 0 fully saturated rings. The van der Waals surface area contributed by atoms with Gasteiger partial charge in [-0.2, -0.15) is 0 Å². The quantitative estimate of drug-likeness (QED) is 0.249. The SMILES string of the molecule is COc1ccc(NC(=O)OC(C)(C)C)c(NC(=O)c2ccc(CN(CCN(C)C)C(=O)Nc3ccc4c(c3)CCC4)cc2)c1. The Hall–Kier alpha value is -4.57. The van der Waals surface area contributed by atoms with E-state index >= 15 is 0 Å². The van der Waals surface area contributed by atoms with Crippen LogP contribution in [-0.4, -0.2) is 67.7 Å². The second-order valence-corrected chi connectivity index (χ2v) is 12.2. The van der Waals surface area contributed by atoms with E-state index in [2.05, 4.69) is 28.1 Å². The number of ether oxygens (including phenoxy) is 2. The molecule has 0 aromatic heterocycles. The second-order valence-electron chi connectivity index (χ2n) is 12.2. The van der Waals surface area contributed by atoms with Crippen molar-refractivity contribution >= 4 is 35.1 Å². The molecule has 0 heterocycles. The van der Waals surface area contributed by atoms with Crippen LogP contribution in [0.3, 0.4) is 0 Å². The molecule has 1 aliphatic rings. The first-order valence-corrected chi connectivity index (χ1v) is 14.8. The van der Waals surface area contributed by atoms with Crippen molar-refractivity contribution in [2.24, 2.45) is 0 Å². The van der Waals surface area contributed by atoms with Crippen molar-refractivity contribution in [3.05, 3.63) is 82.9 Å². The largest absolute Gasteiger partial charge is 0.497 e. The number of amides is 4. The number of hydrogen-bond acceptors (Lipinski definition) is 6. The maximum atomic E-state index is 13.3. The molecule has 0 spiro atoms. The Labute approximate surface area is 259 Å². The van der Waals surface area contributed by atoms with Crippen molar-refractivity contribution in [3.8, 4) is 5.75 Å². The molecule has 0 atom stereocenters. The maximum absolute atomic E-state index is 13.3. The minimum absolute atomic E-state index is 0.172. The third-order valence-corrected chi connectivity index (χ3v) is 7.15. The van der Waals surface area contributed by atoms with Crippen LogP contribution in [0.25, 0.3) is 0 Å². The van der Waals surface area contributed by atoms with Crippen LogP contribution < -0.4 is 20.7 Å². The highest BCUT2D eigenvalue weighted by Gasteiger charge is 2.20. The maximum Gasteiger partial charge on any atom is 0.412 e. The number of anilines is 3. The number of methoxy groups -OCH3 is 1. The lowest BCUT2D eigenvalue weighted by Crippen LogP contribution is -2.39. The minimum Gasteiger partial charge on any atom is -0.497 e. The van der Waals surface area contributed by atoms with Crippen LogP contribution in [0.4, 0.5) is 26.7 Å². The fourth-order valence-electron chi connectivity index (χ4n) is 4.88. The van der Waals surface area contributed by atoms with Gasteiger partial charge >= 0.3 is 12.1 Å². The number of rotatable bonds is 10. The van der Waals surface area contributed by atoms with E-state index in [1.165, 1.54) is 18.2 Å². The first kappa shape index (κ1) is 32.3. The van der Waals surface area contributed by atoms with E-state index in [9.17, 15) is 14.4 Å². The molecule has 0 radical (unpaired) electrons. The summed E-state index contributed by atoms with van der Waals surface area (Å²) in [4.78, 5) is 42.7. The van der Waals surface area contributed by atoms with Crippen molar-refractivity contribution in [1.82, 2.24) is 9.80 Å². The molecule has 10 heteroatoms. The Balaban J connectivity index is 1.44. The first-order valence-electron chi connectivity index (χ1n) is 14.8. The summed E-state index contributed by atoms with van der Waals surface area (Å²) in [6, 6.07) is 18.0. The van der Waals surface area contributed by atoms with Gasteiger partial charge in [-0.05, 0) is 107 Å². The van der Waals surface area contributed by atoms with Crippen LogP contribution in [0.1, 0.15) is 54.2 Å². The monoisotopic (exact) mass is 601 g/mol. The summed E-state index contributed by atoms with van der Waals surface area (Å²) in [6.07, 6.45) is 2.65. The van der Waals surface area contributed by atoms with Gasteiger partial charge in [0.15, 0.2) is 0 Å². The van der Waals surface area contributed by atoms with Crippen LogP contribution in [0.2, 0.25) is 0 Å². The predicted molar refractivity (Wildman–Crippen MR) is 174 cm³/mol. The molecule has 0 saturated carbocycles. The van der Waals surface area contributed by atoms with Gasteiger partial charge in [-0.3, -0.25) is 10.1 Å². The molecule has 3 aromatic carbocycles. The van der Waals surface area contributed by atoms with Crippen molar-refractivity contribution in [2.75, 3.05) is 50.2 Å². The molecule has 0 bridgehead atoms. The van der Waals surface area contributed by atoms with Crippen molar-refractivity contribution in [3.63, 3.8) is 0 Å². The zero-order valence-electron chi connectivity index (χ0n) is 26.5. The van der Waals surface area contributed by atoms with Gasteiger partial charge in [0.2, 0.25) is 0 Å². The molecule has 3 N–H and O–H groups in total. The zero-order chi connectivity index (χ0) is 31.9. The fraction of sp³-hybridized carbons (Fsp3) is 0.382. The standard InChI is InChI=1S/C34H43N5O5/c1-34(2,3)44-33(42)37-29-17-16-28(43-6)21-30(29)36-31(40)25-12-10-23(11-13-25)22-39(19-18-38(4)5)32(41)35-27-15-14-24-8-7-9-26(24)20-27/h10-17,20-21H,7-9,18-19,22H2,1-6H3,(H,35,41)(H,36,40)(H,37,42).